The first kappa shape index (κ1) is 21.5. The van der Waals surface area contributed by atoms with Crippen LogP contribution < -0.4 is 20.7 Å². The van der Waals surface area contributed by atoms with E-state index in [1.54, 1.807) is 7.11 Å². The van der Waals surface area contributed by atoms with Crippen LogP contribution in [-0.2, 0) is 0 Å². The molecule has 178 valence electrons. The number of piperidine rings is 1. The van der Waals surface area contributed by atoms with Gasteiger partial charge in [0, 0.05) is 23.7 Å². The predicted molar refractivity (Wildman–Crippen MR) is 133 cm³/mol. The van der Waals surface area contributed by atoms with Crippen LogP contribution in [0, 0.1) is 17.8 Å². The van der Waals surface area contributed by atoms with E-state index in [9.17, 15) is 4.79 Å². The zero-order valence-corrected chi connectivity index (χ0v) is 20.3. The van der Waals surface area contributed by atoms with E-state index in [0.29, 0.717) is 12.1 Å². The normalized spacial score (nSPS) is 38.2. The Morgan fingerprint density at radius 3 is 2.21 bits per heavy atom. The van der Waals surface area contributed by atoms with Crippen LogP contribution in [0.25, 0.3) is 0 Å². The number of carbonyl (C=O) groups excluding carboxylic acids is 1. The minimum absolute atomic E-state index is 0.0597. The maximum Gasteiger partial charge on any atom is 0.315 e. The van der Waals surface area contributed by atoms with Gasteiger partial charge in [-0.2, -0.15) is 0 Å². The highest BCUT2D eigenvalue weighted by atomic mass is 32.1. The summed E-state index contributed by atoms with van der Waals surface area (Å²) in [6.45, 7) is 0. The van der Waals surface area contributed by atoms with E-state index in [1.165, 1.54) is 38.5 Å². The monoisotopic (exact) mass is 468 g/mol. The molecule has 33 heavy (non-hydrogen) atoms. The van der Waals surface area contributed by atoms with E-state index in [4.69, 9.17) is 17.0 Å². The molecule has 2 aliphatic heterocycles. The van der Waals surface area contributed by atoms with Crippen LogP contribution in [0.15, 0.2) is 24.3 Å². The third kappa shape index (κ3) is 4.07. The smallest absolute Gasteiger partial charge is 0.315 e. The van der Waals surface area contributed by atoms with Gasteiger partial charge in [-0.25, -0.2) is 4.79 Å². The van der Waals surface area contributed by atoms with Gasteiger partial charge in [0.15, 0.2) is 5.11 Å². The van der Waals surface area contributed by atoms with Gasteiger partial charge in [-0.1, -0.05) is 12.1 Å². The van der Waals surface area contributed by atoms with E-state index in [0.717, 1.165) is 60.0 Å². The molecule has 2 heterocycles. The SMILES string of the molecule is COc1ccccc1NC(=S)N1[C@@H]2CC[C@H]1CC(NC(=O)NC13CC4CC(CC(C4)C1)C3)C2. The van der Waals surface area contributed by atoms with Crippen LogP contribution >= 0.6 is 12.2 Å². The number of anilines is 1. The maximum absolute atomic E-state index is 13.1. The van der Waals surface area contributed by atoms with E-state index in [1.807, 2.05) is 24.3 Å². The molecule has 3 N–H and O–H groups in total. The molecular weight excluding hydrogens is 432 g/mol. The minimum Gasteiger partial charge on any atom is -0.495 e. The molecule has 1 unspecified atom stereocenters. The van der Waals surface area contributed by atoms with E-state index in [2.05, 4.69) is 20.9 Å². The van der Waals surface area contributed by atoms with Crippen molar-refractivity contribution in [3.05, 3.63) is 24.3 Å². The Labute approximate surface area is 202 Å². The quantitative estimate of drug-likeness (QED) is 0.561. The van der Waals surface area contributed by atoms with E-state index >= 15 is 0 Å². The second-order valence-corrected chi connectivity index (χ2v) is 11.8. The number of methoxy groups -OCH3 is 1. The van der Waals surface area contributed by atoms with Crippen LogP contribution in [0.2, 0.25) is 0 Å². The van der Waals surface area contributed by atoms with Gasteiger partial charge in [-0.3, -0.25) is 0 Å². The van der Waals surface area contributed by atoms with Crippen molar-refractivity contribution in [3.8, 4) is 5.75 Å². The number of urea groups is 1. The molecule has 4 saturated carbocycles. The number of carbonyl (C=O) groups is 1. The number of fused-ring (bicyclic) bond motifs is 2. The standard InChI is InChI=1S/C26H36N4O2S/c1-32-23-5-3-2-4-22(23)28-25(33)30-20-6-7-21(30)12-19(11-20)27-24(31)29-26-13-16-8-17(14-26)10-18(9-16)15-26/h2-5,16-21H,6-15H2,1H3,(H,28,33)(H2,27,29,31)/t16?,17?,18?,19?,20-,21+,26?. The van der Waals surface area contributed by atoms with Gasteiger partial charge in [0.25, 0.3) is 0 Å². The number of nitrogens with one attached hydrogen (secondary N) is 3. The number of ether oxygens (including phenoxy) is 1. The lowest BCUT2D eigenvalue weighted by molar-refractivity contribution is -0.0138. The topological polar surface area (TPSA) is 65.6 Å². The lowest BCUT2D eigenvalue weighted by atomic mass is 9.53. The Balaban J connectivity index is 1.06. The second kappa shape index (κ2) is 8.33. The average molecular weight is 469 g/mol. The molecular formula is C26H36N4O2S. The van der Waals surface area contributed by atoms with Crippen LogP contribution in [0.1, 0.15) is 64.2 Å². The zero-order chi connectivity index (χ0) is 22.6. The van der Waals surface area contributed by atoms with Gasteiger partial charge < -0.3 is 25.6 Å². The van der Waals surface area contributed by atoms with Crippen molar-refractivity contribution in [2.45, 2.75) is 87.9 Å². The number of thiocarbonyl (C=S) groups is 1. The van der Waals surface area contributed by atoms with Crippen molar-refractivity contribution in [1.82, 2.24) is 15.5 Å². The number of para-hydroxylation sites is 2. The third-order valence-corrected chi connectivity index (χ3v) is 9.38. The van der Waals surface area contributed by atoms with Gasteiger partial charge in [-0.05, 0) is 106 Å². The summed E-state index contributed by atoms with van der Waals surface area (Å²) in [6.07, 6.45) is 11.9. The van der Waals surface area contributed by atoms with E-state index in [-0.39, 0.29) is 17.6 Å². The molecule has 7 heteroatoms. The van der Waals surface area contributed by atoms with Gasteiger partial charge in [0.05, 0.1) is 12.8 Å². The fourth-order valence-corrected chi connectivity index (χ4v) is 8.69. The third-order valence-electron chi connectivity index (χ3n) is 9.07. The highest BCUT2D eigenvalue weighted by Gasteiger charge is 2.52. The number of hydrogen-bond donors (Lipinski definition) is 3. The highest BCUT2D eigenvalue weighted by molar-refractivity contribution is 7.80. The van der Waals surface area contributed by atoms with Gasteiger partial charge in [0.1, 0.15) is 5.75 Å². The largest absolute Gasteiger partial charge is 0.495 e. The molecule has 2 saturated heterocycles. The Morgan fingerprint density at radius 1 is 1.00 bits per heavy atom. The fraction of sp³-hybridized carbons (Fsp3) is 0.692. The molecule has 0 radical (unpaired) electrons. The first-order valence-corrected chi connectivity index (χ1v) is 13.2. The molecule has 6 fully saturated rings. The fourth-order valence-electron chi connectivity index (χ4n) is 8.28. The maximum atomic E-state index is 13.1. The lowest BCUT2D eigenvalue weighted by Gasteiger charge is -2.56. The Morgan fingerprint density at radius 2 is 1.61 bits per heavy atom. The van der Waals surface area contributed by atoms with Crippen molar-refractivity contribution >= 4 is 29.0 Å². The summed E-state index contributed by atoms with van der Waals surface area (Å²) in [7, 11) is 1.68. The van der Waals surface area contributed by atoms with Crippen molar-refractivity contribution in [2.24, 2.45) is 17.8 Å². The molecule has 6 nitrogen and oxygen atoms in total. The molecule has 3 atom stereocenters. The molecule has 6 bridgehead atoms. The predicted octanol–water partition coefficient (Wildman–Crippen LogP) is 4.66. The first-order chi connectivity index (χ1) is 16.0. The molecule has 4 aliphatic carbocycles. The van der Waals surface area contributed by atoms with Crippen molar-refractivity contribution < 1.29 is 9.53 Å². The Bertz CT molecular complexity index is 887. The highest BCUT2D eigenvalue weighted by Crippen LogP contribution is 2.55. The van der Waals surface area contributed by atoms with Gasteiger partial charge in [0.2, 0.25) is 0 Å². The summed E-state index contributed by atoms with van der Waals surface area (Å²) < 4.78 is 5.47. The second-order valence-electron chi connectivity index (χ2n) is 11.4. The van der Waals surface area contributed by atoms with Gasteiger partial charge >= 0.3 is 6.03 Å². The Hall–Kier alpha value is -2.02. The molecule has 1 aromatic rings. The summed E-state index contributed by atoms with van der Waals surface area (Å²) in [5.41, 5.74) is 0.971. The van der Waals surface area contributed by atoms with Crippen molar-refractivity contribution in [1.29, 1.82) is 0 Å². The summed E-state index contributed by atoms with van der Waals surface area (Å²) in [6, 6.07) is 8.93. The number of amides is 2. The molecule has 6 aliphatic rings. The van der Waals surface area contributed by atoms with E-state index < -0.39 is 0 Å². The summed E-state index contributed by atoms with van der Waals surface area (Å²) in [5.74, 6) is 3.32. The molecule has 2 amide bonds. The number of hydrogen-bond acceptors (Lipinski definition) is 3. The van der Waals surface area contributed by atoms with Gasteiger partial charge in [-0.15, -0.1) is 0 Å². The van der Waals surface area contributed by atoms with Crippen molar-refractivity contribution in [3.63, 3.8) is 0 Å². The Kier molecular flexibility index (Phi) is 5.43. The first-order valence-electron chi connectivity index (χ1n) is 12.8. The molecule has 0 aromatic heterocycles. The van der Waals surface area contributed by atoms with Crippen LogP contribution in [0.3, 0.4) is 0 Å². The number of rotatable bonds is 4. The zero-order valence-electron chi connectivity index (χ0n) is 19.5. The van der Waals surface area contributed by atoms with Crippen LogP contribution in [0.5, 0.6) is 5.75 Å². The summed E-state index contributed by atoms with van der Waals surface area (Å²) in [5, 5.41) is 11.0. The van der Waals surface area contributed by atoms with Crippen molar-refractivity contribution in [2.75, 3.05) is 12.4 Å². The summed E-state index contributed by atoms with van der Waals surface area (Å²) in [4.78, 5) is 15.4. The molecule has 0 spiro atoms. The number of nitrogens with zero attached hydrogens (tertiary/aromatic N) is 1. The molecule has 7 rings (SSSR count). The average Bonchev–Trinajstić information content (AvgIpc) is 3.03. The number of benzene rings is 1. The van der Waals surface area contributed by atoms with Crippen LogP contribution in [0.4, 0.5) is 10.5 Å². The van der Waals surface area contributed by atoms with Crippen LogP contribution in [-0.4, -0.2) is 46.8 Å². The molecule has 1 aromatic carbocycles. The summed E-state index contributed by atoms with van der Waals surface area (Å²) >= 11 is 5.81. The lowest BCUT2D eigenvalue weighted by Crippen LogP contribution is -2.63. The minimum atomic E-state index is 0.0597.